The molecule has 4 aromatic rings. The van der Waals surface area contributed by atoms with Crippen LogP contribution < -0.4 is 56.9 Å². The molecule has 2 aromatic heterocycles. The second-order valence-electron chi connectivity index (χ2n) is 17.5. The number of rotatable bonds is 27. The average molecular weight is 1020 g/mol. The zero-order chi connectivity index (χ0) is 51.4. The molecule has 73 heavy (non-hydrogen) atoms. The third-order valence-corrected chi connectivity index (χ3v) is 13.8. The third-order valence-electron chi connectivity index (χ3n) is 12.3. The Bertz CT molecular complexity index is 2480. The van der Waals surface area contributed by atoms with Crippen LogP contribution in [-0.2, 0) is 19.2 Å². The molecule has 0 radical (unpaired) electrons. The Morgan fingerprint density at radius 1 is 0.685 bits per heavy atom. The van der Waals surface area contributed by atoms with Gasteiger partial charge in [-0.15, -0.1) is 0 Å². The van der Waals surface area contributed by atoms with Crippen LogP contribution in [0, 0.1) is 11.3 Å². The summed E-state index contributed by atoms with van der Waals surface area (Å²) in [4.78, 5) is 90.1. The van der Waals surface area contributed by atoms with Gasteiger partial charge < -0.3 is 51.6 Å². The summed E-state index contributed by atoms with van der Waals surface area (Å²) in [6.45, 7) is 4.19. The fourth-order valence-corrected chi connectivity index (χ4v) is 9.91. The van der Waals surface area contributed by atoms with Gasteiger partial charge in [0.05, 0.1) is 50.3 Å². The summed E-state index contributed by atoms with van der Waals surface area (Å²) in [6, 6.07) is 18.9. The van der Waals surface area contributed by atoms with E-state index >= 15 is 0 Å². The molecule has 7 rings (SSSR count). The van der Waals surface area contributed by atoms with E-state index in [9.17, 15) is 24.0 Å². The highest BCUT2D eigenvalue weighted by Gasteiger charge is 2.42. The number of hydrogen-bond acceptors (Lipinski definition) is 18. The van der Waals surface area contributed by atoms with Crippen LogP contribution in [0.3, 0.4) is 0 Å². The topological polar surface area (TPSA) is 295 Å². The number of ether oxygens (including phenoxy) is 2. The zero-order valence-corrected chi connectivity index (χ0v) is 42.0. The fourth-order valence-electron chi connectivity index (χ4n) is 8.36. The van der Waals surface area contributed by atoms with Crippen molar-refractivity contribution in [2.24, 2.45) is 0 Å². The molecule has 3 atom stereocenters. The molecule has 24 heteroatoms. The van der Waals surface area contributed by atoms with Crippen molar-refractivity contribution in [3.05, 3.63) is 54.6 Å². The predicted molar refractivity (Wildman–Crippen MR) is 277 cm³/mol. The normalized spacial score (nSPS) is 17.0. The molecule has 3 aliphatic rings. The number of nitrogens with one attached hydrogen (secondary N) is 8. The zero-order valence-electron chi connectivity index (χ0n) is 41.2. The summed E-state index contributed by atoms with van der Waals surface area (Å²) in [7, 11) is 3.18. The van der Waals surface area contributed by atoms with Crippen molar-refractivity contribution in [2.75, 3.05) is 106 Å². The number of amides is 6. The Kier molecular flexibility index (Phi) is 20.0. The summed E-state index contributed by atoms with van der Waals surface area (Å²) in [5.74, 6) is 2.48. The smallest absolute Gasteiger partial charge is 0.315 e. The first-order valence-corrected chi connectivity index (χ1v) is 25.6. The number of nitrogens with zero attached hydrogens (tertiary/aromatic N) is 8. The second kappa shape index (κ2) is 27.3. The van der Waals surface area contributed by atoms with Gasteiger partial charge in [0.15, 0.2) is 0 Å². The monoisotopic (exact) mass is 1020 g/mol. The first-order chi connectivity index (χ1) is 35.5. The van der Waals surface area contributed by atoms with Crippen molar-refractivity contribution < 1.29 is 33.4 Å². The number of hydrogen-bond donors (Lipinski definition) is 8. The maximum Gasteiger partial charge on any atom is 0.315 e. The number of methoxy groups -OCH3 is 2. The lowest BCUT2D eigenvalue weighted by Crippen LogP contribution is -2.50. The molecule has 3 fully saturated rings. The van der Waals surface area contributed by atoms with Crippen LogP contribution in [0.5, 0.6) is 11.5 Å². The van der Waals surface area contributed by atoms with Gasteiger partial charge in [-0.3, -0.25) is 29.4 Å². The largest absolute Gasteiger partial charge is 0.497 e. The summed E-state index contributed by atoms with van der Waals surface area (Å²) >= 11 is 1.87. The average Bonchev–Trinajstić information content (AvgIpc) is 3.97. The van der Waals surface area contributed by atoms with Gasteiger partial charge in [-0.1, -0.05) is 6.42 Å². The van der Waals surface area contributed by atoms with Crippen molar-refractivity contribution in [2.45, 2.75) is 68.7 Å². The highest BCUT2D eigenvalue weighted by molar-refractivity contribution is 8.00. The van der Waals surface area contributed by atoms with Gasteiger partial charge in [0.1, 0.15) is 11.5 Å². The van der Waals surface area contributed by atoms with Crippen LogP contribution in [0.1, 0.15) is 51.4 Å². The first kappa shape index (κ1) is 53.3. The Balaban J connectivity index is 0.879. The van der Waals surface area contributed by atoms with Crippen molar-refractivity contribution in [1.82, 2.24) is 56.4 Å². The Labute approximate surface area is 428 Å². The lowest BCUT2D eigenvalue weighted by molar-refractivity contribution is -0.124. The standard InChI is InChI=1S/C49H64N16O7S/c1-71-34-13-9-32(10-14-34)36-29-37(33-11-15-35(72-2)16-12-33)57-47(56-36)59-42(68)18-17-41(67)53-22-24-55-46-61-45(62-48(63-46)65-27-25-64(26-28-65)30-43(69)51-20-6-5-19-50)54-23-21-52-40(66)8-4-3-7-39-44-38(31-73-39)58-49(70)60-44/h9-16,29,38-39,44H,3-8,17-18,20-28,30-31H2,1-2H3,(H,51,69)(H,52,66)(H,53,67)(H2,58,60,70)(H,56,57,59,68)(H2,54,55,61,62,63)/t38-,39-,44-/m0/s1. The quantitative estimate of drug-likeness (QED) is 0.0315. The number of carbonyl (C=O) groups excluding carboxylic acids is 5. The van der Waals surface area contributed by atoms with E-state index < -0.39 is 5.91 Å². The molecule has 2 aromatic carbocycles. The molecule has 5 heterocycles. The fraction of sp³-hybridized carbons (Fsp3) is 0.490. The van der Waals surface area contributed by atoms with E-state index in [1.807, 2.05) is 71.3 Å². The number of anilines is 4. The van der Waals surface area contributed by atoms with Crippen LogP contribution in [0.4, 0.5) is 28.6 Å². The van der Waals surface area contributed by atoms with E-state index in [0.29, 0.717) is 105 Å². The third kappa shape index (κ3) is 16.5. The molecule has 388 valence electrons. The highest BCUT2D eigenvalue weighted by Crippen LogP contribution is 2.33. The minimum absolute atomic E-state index is 0.0476. The maximum absolute atomic E-state index is 13.2. The molecule has 23 nitrogen and oxygen atoms in total. The Hall–Kier alpha value is -7.52. The lowest BCUT2D eigenvalue weighted by Gasteiger charge is -2.34. The second-order valence-corrected chi connectivity index (χ2v) is 18.8. The van der Waals surface area contributed by atoms with Crippen molar-refractivity contribution in [1.29, 1.82) is 5.26 Å². The van der Waals surface area contributed by atoms with Crippen LogP contribution in [0.2, 0.25) is 0 Å². The number of piperazine rings is 1. The van der Waals surface area contributed by atoms with Crippen LogP contribution >= 0.6 is 11.8 Å². The van der Waals surface area contributed by atoms with E-state index in [1.165, 1.54) is 0 Å². The van der Waals surface area contributed by atoms with Gasteiger partial charge in [0, 0.05) is 107 Å². The predicted octanol–water partition coefficient (Wildman–Crippen LogP) is 2.76. The molecule has 0 spiro atoms. The van der Waals surface area contributed by atoms with E-state index in [4.69, 9.17) is 14.7 Å². The number of carbonyl (C=O) groups is 5. The molecule has 0 saturated carbocycles. The SMILES string of the molecule is COc1ccc(-c2cc(-c3ccc(OC)cc3)nc(NC(=O)CCC(=O)NCCNc3nc(NCCNC(=O)CCCC[C@@H]4SC[C@@H]5NC(=O)N[C@@H]54)nc(N4CCN(CC(=O)NCCCC#N)CC4)n3)n2)cc1. The van der Waals surface area contributed by atoms with Gasteiger partial charge in [0.2, 0.25) is 47.4 Å². The number of aromatic nitrogens is 5. The summed E-state index contributed by atoms with van der Waals surface area (Å²) in [5.41, 5.74) is 2.75. The minimum Gasteiger partial charge on any atom is -0.497 e. The molecular weight excluding hydrogens is 957 g/mol. The number of unbranched alkanes of at least 4 members (excludes halogenated alkanes) is 2. The van der Waals surface area contributed by atoms with E-state index in [-0.39, 0.29) is 80.2 Å². The van der Waals surface area contributed by atoms with Gasteiger partial charge >= 0.3 is 6.03 Å². The van der Waals surface area contributed by atoms with Gasteiger partial charge in [-0.05, 0) is 73.9 Å². The number of benzene rings is 2. The number of fused-ring (bicyclic) bond motifs is 1. The summed E-state index contributed by atoms with van der Waals surface area (Å²) in [6.07, 6.45) is 3.79. The van der Waals surface area contributed by atoms with Crippen LogP contribution in [0.15, 0.2) is 54.6 Å². The minimum atomic E-state index is -0.429. The van der Waals surface area contributed by atoms with Gasteiger partial charge in [-0.2, -0.15) is 32.0 Å². The Morgan fingerprint density at radius 3 is 1.88 bits per heavy atom. The lowest BCUT2D eigenvalue weighted by atomic mass is 10.0. The highest BCUT2D eigenvalue weighted by atomic mass is 32.2. The van der Waals surface area contributed by atoms with E-state index in [2.05, 4.69) is 78.4 Å². The van der Waals surface area contributed by atoms with E-state index in [1.54, 1.807) is 14.2 Å². The number of urea groups is 1. The molecule has 3 saturated heterocycles. The molecule has 8 N–H and O–H groups in total. The summed E-state index contributed by atoms with van der Waals surface area (Å²) < 4.78 is 10.6. The first-order valence-electron chi connectivity index (χ1n) is 24.6. The van der Waals surface area contributed by atoms with Crippen LogP contribution in [-0.4, -0.2) is 162 Å². The van der Waals surface area contributed by atoms with Crippen molar-refractivity contribution in [3.8, 4) is 40.1 Å². The maximum atomic E-state index is 13.2. The number of thioether (sulfide) groups is 1. The molecule has 0 unspecified atom stereocenters. The van der Waals surface area contributed by atoms with E-state index in [0.717, 1.165) is 36.1 Å². The molecular formula is C49H64N16O7S. The van der Waals surface area contributed by atoms with Gasteiger partial charge in [-0.25, -0.2) is 14.8 Å². The van der Waals surface area contributed by atoms with Crippen molar-refractivity contribution >= 4 is 65.2 Å². The van der Waals surface area contributed by atoms with Crippen molar-refractivity contribution in [3.63, 3.8) is 0 Å². The Morgan fingerprint density at radius 2 is 1.27 bits per heavy atom. The van der Waals surface area contributed by atoms with Gasteiger partial charge in [0.25, 0.3) is 0 Å². The molecule has 0 aliphatic carbocycles. The number of nitriles is 1. The molecule has 6 amide bonds. The molecule has 0 bridgehead atoms. The summed E-state index contributed by atoms with van der Waals surface area (Å²) in [5, 5.41) is 32.9. The van der Waals surface area contributed by atoms with Crippen LogP contribution in [0.25, 0.3) is 22.5 Å². The molecule has 3 aliphatic heterocycles.